The van der Waals surface area contributed by atoms with Gasteiger partial charge in [-0.25, -0.2) is 13.1 Å². The van der Waals surface area contributed by atoms with Gasteiger partial charge in [-0.2, -0.15) is 5.10 Å². The van der Waals surface area contributed by atoms with Crippen LogP contribution in [0, 0.1) is 5.41 Å². The fourth-order valence-corrected chi connectivity index (χ4v) is 3.90. The van der Waals surface area contributed by atoms with E-state index in [-0.39, 0.29) is 17.5 Å². The standard InChI is InChI=1S/C14H25N3O3S/c1-14(2)6-4-12(5-7-14)16-21(19,20)13-10-15-17(11-13)8-3-9-18/h10-12,16,18H,3-9H2,1-2H3. The Kier molecular flexibility index (Phi) is 5.06. The lowest BCUT2D eigenvalue weighted by atomic mass is 9.76. The molecule has 1 aromatic rings. The predicted molar refractivity (Wildman–Crippen MR) is 80.3 cm³/mol. The zero-order valence-electron chi connectivity index (χ0n) is 12.7. The van der Waals surface area contributed by atoms with Crippen LogP contribution in [-0.2, 0) is 16.6 Å². The number of aromatic nitrogens is 2. The van der Waals surface area contributed by atoms with Crippen LogP contribution >= 0.6 is 0 Å². The smallest absolute Gasteiger partial charge is 0.243 e. The van der Waals surface area contributed by atoms with Gasteiger partial charge in [-0.05, 0) is 37.5 Å². The summed E-state index contributed by atoms with van der Waals surface area (Å²) in [6.07, 6.45) is 7.28. The Morgan fingerprint density at radius 2 is 2.10 bits per heavy atom. The molecule has 1 saturated carbocycles. The van der Waals surface area contributed by atoms with Crippen molar-refractivity contribution in [3.63, 3.8) is 0 Å². The molecular formula is C14H25N3O3S. The average molecular weight is 315 g/mol. The normalized spacial score (nSPS) is 19.8. The maximum Gasteiger partial charge on any atom is 0.243 e. The number of nitrogens with zero attached hydrogens (tertiary/aromatic N) is 2. The lowest BCUT2D eigenvalue weighted by molar-refractivity contribution is 0.218. The van der Waals surface area contributed by atoms with Crippen molar-refractivity contribution in [1.29, 1.82) is 0 Å². The molecule has 0 amide bonds. The minimum atomic E-state index is -3.50. The van der Waals surface area contributed by atoms with Gasteiger partial charge in [0.05, 0.1) is 6.20 Å². The molecule has 7 heteroatoms. The summed E-state index contributed by atoms with van der Waals surface area (Å²) in [5.74, 6) is 0. The number of nitrogens with one attached hydrogen (secondary N) is 1. The quantitative estimate of drug-likeness (QED) is 0.833. The molecular weight excluding hydrogens is 290 g/mol. The number of aliphatic hydroxyl groups excluding tert-OH is 1. The maximum atomic E-state index is 12.3. The topological polar surface area (TPSA) is 84.2 Å². The highest BCUT2D eigenvalue weighted by Crippen LogP contribution is 2.35. The van der Waals surface area contributed by atoms with Crippen LogP contribution in [0.2, 0.25) is 0 Å². The Morgan fingerprint density at radius 1 is 1.43 bits per heavy atom. The first-order valence-corrected chi connectivity index (χ1v) is 8.96. The first kappa shape index (κ1) is 16.5. The van der Waals surface area contributed by atoms with Gasteiger partial charge < -0.3 is 5.11 Å². The van der Waals surface area contributed by atoms with Crippen molar-refractivity contribution in [3.8, 4) is 0 Å². The second-order valence-electron chi connectivity index (χ2n) is 6.58. The Hall–Kier alpha value is -0.920. The van der Waals surface area contributed by atoms with Crippen molar-refractivity contribution in [2.75, 3.05) is 6.61 Å². The van der Waals surface area contributed by atoms with Crippen LogP contribution in [0.15, 0.2) is 17.3 Å². The fraction of sp³-hybridized carbons (Fsp3) is 0.786. The van der Waals surface area contributed by atoms with Crippen LogP contribution < -0.4 is 4.72 Å². The SMILES string of the molecule is CC1(C)CCC(NS(=O)(=O)c2cnn(CCCO)c2)CC1. The molecule has 1 aliphatic rings. The third kappa shape index (κ3) is 4.52. The van der Waals surface area contributed by atoms with Crippen LogP contribution in [0.25, 0.3) is 0 Å². The van der Waals surface area contributed by atoms with Gasteiger partial charge in [0.15, 0.2) is 0 Å². The van der Waals surface area contributed by atoms with Crippen molar-refractivity contribution in [2.24, 2.45) is 5.41 Å². The molecule has 0 radical (unpaired) electrons. The Bertz CT molecular complexity index is 556. The fourth-order valence-electron chi connectivity index (χ4n) is 2.64. The molecule has 2 N–H and O–H groups in total. The van der Waals surface area contributed by atoms with E-state index in [2.05, 4.69) is 23.7 Å². The van der Waals surface area contributed by atoms with Crippen LogP contribution in [0.1, 0.15) is 46.0 Å². The van der Waals surface area contributed by atoms with Gasteiger partial charge in [-0.1, -0.05) is 13.8 Å². The minimum Gasteiger partial charge on any atom is -0.396 e. The molecule has 21 heavy (non-hydrogen) atoms. The van der Waals surface area contributed by atoms with Gasteiger partial charge in [0.25, 0.3) is 0 Å². The van der Waals surface area contributed by atoms with E-state index >= 15 is 0 Å². The molecule has 1 fully saturated rings. The molecule has 2 rings (SSSR count). The predicted octanol–water partition coefficient (Wildman–Crippen LogP) is 1.51. The van der Waals surface area contributed by atoms with Crippen LogP contribution in [0.3, 0.4) is 0 Å². The summed E-state index contributed by atoms with van der Waals surface area (Å²) < 4.78 is 29.0. The van der Waals surface area contributed by atoms with E-state index in [4.69, 9.17) is 5.11 Å². The van der Waals surface area contributed by atoms with Crippen LogP contribution in [-0.4, -0.2) is 36.0 Å². The van der Waals surface area contributed by atoms with E-state index in [1.807, 2.05) is 0 Å². The maximum absolute atomic E-state index is 12.3. The van der Waals surface area contributed by atoms with Crippen molar-refractivity contribution < 1.29 is 13.5 Å². The second-order valence-corrected chi connectivity index (χ2v) is 8.29. The second kappa shape index (κ2) is 6.46. The van der Waals surface area contributed by atoms with E-state index in [0.29, 0.717) is 18.4 Å². The van der Waals surface area contributed by atoms with Gasteiger partial charge >= 0.3 is 0 Å². The molecule has 1 aliphatic carbocycles. The summed E-state index contributed by atoms with van der Waals surface area (Å²) in [6.45, 7) is 5.04. The molecule has 0 aromatic carbocycles. The van der Waals surface area contributed by atoms with E-state index in [1.165, 1.54) is 12.4 Å². The molecule has 1 heterocycles. The summed E-state index contributed by atoms with van der Waals surface area (Å²) in [5, 5.41) is 12.8. The molecule has 0 bridgehead atoms. The molecule has 120 valence electrons. The monoisotopic (exact) mass is 315 g/mol. The number of hydrogen-bond acceptors (Lipinski definition) is 4. The summed E-state index contributed by atoms with van der Waals surface area (Å²) >= 11 is 0. The summed E-state index contributed by atoms with van der Waals surface area (Å²) in [6, 6.07) is 0.0174. The van der Waals surface area contributed by atoms with Gasteiger partial charge in [0.2, 0.25) is 10.0 Å². The first-order chi connectivity index (χ1) is 9.82. The minimum absolute atomic E-state index is 0.0174. The number of sulfonamides is 1. The van der Waals surface area contributed by atoms with Crippen molar-refractivity contribution in [3.05, 3.63) is 12.4 Å². The molecule has 6 nitrogen and oxygen atoms in total. The highest BCUT2D eigenvalue weighted by Gasteiger charge is 2.30. The number of rotatable bonds is 6. The van der Waals surface area contributed by atoms with Crippen LogP contribution in [0.4, 0.5) is 0 Å². The highest BCUT2D eigenvalue weighted by atomic mass is 32.2. The summed E-state index contributed by atoms with van der Waals surface area (Å²) in [7, 11) is -3.50. The van der Waals surface area contributed by atoms with Gasteiger partial charge in [-0.15, -0.1) is 0 Å². The van der Waals surface area contributed by atoms with E-state index in [9.17, 15) is 8.42 Å². The third-order valence-corrected chi connectivity index (χ3v) is 5.60. The molecule has 0 unspecified atom stereocenters. The average Bonchev–Trinajstić information content (AvgIpc) is 2.88. The zero-order valence-corrected chi connectivity index (χ0v) is 13.6. The van der Waals surface area contributed by atoms with Gasteiger partial charge in [0, 0.05) is 25.4 Å². The number of aliphatic hydroxyl groups is 1. The van der Waals surface area contributed by atoms with Crippen molar-refractivity contribution in [1.82, 2.24) is 14.5 Å². The lowest BCUT2D eigenvalue weighted by Gasteiger charge is -2.34. The first-order valence-electron chi connectivity index (χ1n) is 7.48. The van der Waals surface area contributed by atoms with Gasteiger partial charge in [0.1, 0.15) is 4.90 Å². The van der Waals surface area contributed by atoms with Gasteiger partial charge in [-0.3, -0.25) is 4.68 Å². The molecule has 1 aromatic heterocycles. The van der Waals surface area contributed by atoms with E-state index < -0.39 is 10.0 Å². The van der Waals surface area contributed by atoms with Crippen LogP contribution in [0.5, 0.6) is 0 Å². The van der Waals surface area contributed by atoms with Crippen molar-refractivity contribution in [2.45, 2.75) is 63.4 Å². The van der Waals surface area contributed by atoms with E-state index in [0.717, 1.165) is 25.7 Å². The Labute approximate surface area is 126 Å². The molecule has 0 saturated heterocycles. The highest BCUT2D eigenvalue weighted by molar-refractivity contribution is 7.89. The Morgan fingerprint density at radius 3 is 2.71 bits per heavy atom. The third-order valence-electron chi connectivity index (χ3n) is 4.13. The number of hydrogen-bond donors (Lipinski definition) is 2. The largest absolute Gasteiger partial charge is 0.396 e. The molecule has 0 aliphatic heterocycles. The zero-order chi connectivity index (χ0) is 15.5. The Balaban J connectivity index is 1.97. The summed E-state index contributed by atoms with van der Waals surface area (Å²) in [5.41, 5.74) is 0.317. The molecule has 0 atom stereocenters. The summed E-state index contributed by atoms with van der Waals surface area (Å²) in [4.78, 5) is 0.199. The number of aryl methyl sites for hydroxylation is 1. The molecule has 0 spiro atoms. The van der Waals surface area contributed by atoms with Crippen molar-refractivity contribution >= 4 is 10.0 Å². The van der Waals surface area contributed by atoms with E-state index in [1.54, 1.807) is 4.68 Å². The lowest BCUT2D eigenvalue weighted by Crippen LogP contribution is -2.39.